The third-order valence-electron chi connectivity index (χ3n) is 11.5. The van der Waals surface area contributed by atoms with E-state index in [1.165, 1.54) is 64.9 Å². The smallest absolute Gasteiger partial charge is 0.306 e. The molecule has 0 aliphatic heterocycles. The van der Waals surface area contributed by atoms with E-state index in [0.29, 0.717) is 10.8 Å². The lowest BCUT2D eigenvalue weighted by Gasteiger charge is -2.58. The SMILES string of the molecule is COC(=O)CCC(=O)NC1CC[C@@]2(C)C(=CCC3C2CC[C@]2(C)C([C@H](C)CCCC(C)C)CC[C@@H]32)C1. The number of allylic oxidation sites excluding steroid dienone is 1. The van der Waals surface area contributed by atoms with Gasteiger partial charge in [0.2, 0.25) is 5.91 Å². The van der Waals surface area contributed by atoms with Crippen molar-refractivity contribution < 1.29 is 14.3 Å². The van der Waals surface area contributed by atoms with Gasteiger partial charge in [0.05, 0.1) is 13.5 Å². The Morgan fingerprint density at radius 2 is 1.81 bits per heavy atom. The zero-order valence-corrected chi connectivity index (χ0v) is 24.0. The van der Waals surface area contributed by atoms with Crippen LogP contribution in [0.3, 0.4) is 0 Å². The van der Waals surface area contributed by atoms with Gasteiger partial charge in [-0.25, -0.2) is 0 Å². The summed E-state index contributed by atoms with van der Waals surface area (Å²) in [5.41, 5.74) is 2.44. The summed E-state index contributed by atoms with van der Waals surface area (Å²) in [6.45, 7) is 12.5. The van der Waals surface area contributed by atoms with Gasteiger partial charge in [0.25, 0.3) is 0 Å². The minimum Gasteiger partial charge on any atom is -0.469 e. The van der Waals surface area contributed by atoms with Gasteiger partial charge >= 0.3 is 5.97 Å². The van der Waals surface area contributed by atoms with E-state index >= 15 is 0 Å². The Hall–Kier alpha value is -1.32. The van der Waals surface area contributed by atoms with E-state index in [1.54, 1.807) is 5.57 Å². The normalized spacial score (nSPS) is 38.4. The summed E-state index contributed by atoms with van der Waals surface area (Å²) in [5, 5.41) is 3.22. The zero-order chi connectivity index (χ0) is 26.1. The van der Waals surface area contributed by atoms with Crippen LogP contribution in [-0.4, -0.2) is 25.0 Å². The molecule has 0 spiro atoms. The largest absolute Gasteiger partial charge is 0.469 e. The van der Waals surface area contributed by atoms with E-state index < -0.39 is 0 Å². The van der Waals surface area contributed by atoms with Gasteiger partial charge in [-0.1, -0.05) is 65.5 Å². The van der Waals surface area contributed by atoms with E-state index in [9.17, 15) is 9.59 Å². The Morgan fingerprint density at radius 1 is 1.03 bits per heavy atom. The lowest BCUT2D eigenvalue weighted by molar-refractivity contribution is -0.142. The van der Waals surface area contributed by atoms with Crippen LogP contribution in [0.1, 0.15) is 118 Å². The predicted molar refractivity (Wildman–Crippen MR) is 146 cm³/mol. The molecule has 8 atom stereocenters. The molecule has 1 N–H and O–H groups in total. The molecule has 4 unspecified atom stereocenters. The third-order valence-corrected chi connectivity index (χ3v) is 11.5. The second kappa shape index (κ2) is 11.2. The molecule has 3 saturated carbocycles. The van der Waals surface area contributed by atoms with Crippen molar-refractivity contribution in [3.63, 3.8) is 0 Å². The number of ether oxygens (including phenoxy) is 1. The standard InChI is InChI=1S/C32H53NO3/c1-21(2)8-7-9-22(3)26-12-13-27-25-11-10-23-20-24(33-29(34)14-15-30(35)36-6)16-18-31(23,4)28(25)17-19-32(26,27)5/h10,21-22,24-28H,7-9,11-20H2,1-6H3,(H,33,34)/t22-,24?,25?,26?,27+,28?,31+,32-/m1/s1. The van der Waals surface area contributed by atoms with Crippen molar-refractivity contribution in [3.8, 4) is 0 Å². The number of nitrogens with one attached hydrogen (secondary N) is 1. The van der Waals surface area contributed by atoms with Crippen LogP contribution in [0, 0.1) is 46.3 Å². The van der Waals surface area contributed by atoms with Gasteiger partial charge in [0.15, 0.2) is 0 Å². The first-order chi connectivity index (χ1) is 17.1. The Balaban J connectivity index is 1.38. The molecular weight excluding hydrogens is 446 g/mol. The van der Waals surface area contributed by atoms with E-state index in [2.05, 4.69) is 50.7 Å². The highest BCUT2D eigenvalue weighted by Gasteiger charge is 2.59. The fraction of sp³-hybridized carbons (Fsp3) is 0.875. The van der Waals surface area contributed by atoms with Gasteiger partial charge in [-0.2, -0.15) is 0 Å². The van der Waals surface area contributed by atoms with E-state index in [4.69, 9.17) is 0 Å². The summed E-state index contributed by atoms with van der Waals surface area (Å²) >= 11 is 0. The summed E-state index contributed by atoms with van der Waals surface area (Å²) < 4.78 is 4.68. The van der Waals surface area contributed by atoms with Gasteiger partial charge in [-0.15, -0.1) is 0 Å². The van der Waals surface area contributed by atoms with Crippen LogP contribution in [0.5, 0.6) is 0 Å². The molecule has 4 aliphatic carbocycles. The van der Waals surface area contributed by atoms with Crippen molar-refractivity contribution in [2.75, 3.05) is 7.11 Å². The van der Waals surface area contributed by atoms with Crippen molar-refractivity contribution in [3.05, 3.63) is 11.6 Å². The molecular formula is C32H53NO3. The number of carbonyl (C=O) groups is 2. The summed E-state index contributed by atoms with van der Waals surface area (Å²) in [5.74, 6) is 4.80. The molecule has 36 heavy (non-hydrogen) atoms. The average molecular weight is 500 g/mol. The summed E-state index contributed by atoms with van der Waals surface area (Å²) in [6, 6.07) is 0.211. The lowest BCUT2D eigenvalue weighted by atomic mass is 9.47. The maximum Gasteiger partial charge on any atom is 0.306 e. The van der Waals surface area contributed by atoms with Gasteiger partial charge in [-0.05, 0) is 97.7 Å². The van der Waals surface area contributed by atoms with Crippen LogP contribution in [0.25, 0.3) is 0 Å². The maximum absolute atomic E-state index is 12.4. The highest BCUT2D eigenvalue weighted by molar-refractivity contribution is 5.81. The fourth-order valence-corrected chi connectivity index (χ4v) is 9.43. The first kappa shape index (κ1) is 27.7. The molecule has 1 amide bonds. The number of carbonyl (C=O) groups excluding carboxylic acids is 2. The summed E-state index contributed by atoms with van der Waals surface area (Å²) in [4.78, 5) is 23.8. The van der Waals surface area contributed by atoms with Crippen LogP contribution >= 0.6 is 0 Å². The molecule has 0 radical (unpaired) electrons. The number of amides is 1. The minimum atomic E-state index is -0.314. The zero-order valence-electron chi connectivity index (χ0n) is 24.0. The van der Waals surface area contributed by atoms with Crippen LogP contribution in [0.2, 0.25) is 0 Å². The molecule has 0 aromatic rings. The molecule has 4 nitrogen and oxygen atoms in total. The Bertz CT molecular complexity index is 833. The van der Waals surface area contributed by atoms with Crippen molar-refractivity contribution in [2.45, 2.75) is 124 Å². The van der Waals surface area contributed by atoms with Crippen LogP contribution in [0.15, 0.2) is 11.6 Å². The number of methoxy groups -OCH3 is 1. The summed E-state index contributed by atoms with van der Waals surface area (Å²) in [6.07, 6.45) is 17.3. The third kappa shape index (κ3) is 5.44. The Labute approximate surface area is 220 Å². The van der Waals surface area contributed by atoms with Crippen molar-refractivity contribution in [1.29, 1.82) is 0 Å². The Kier molecular flexibility index (Phi) is 8.62. The average Bonchev–Trinajstić information content (AvgIpc) is 3.19. The van der Waals surface area contributed by atoms with Gasteiger partial charge in [-0.3, -0.25) is 9.59 Å². The van der Waals surface area contributed by atoms with Gasteiger partial charge in [0.1, 0.15) is 0 Å². The molecule has 0 aromatic carbocycles. The molecule has 4 heteroatoms. The number of esters is 1. The summed E-state index contributed by atoms with van der Waals surface area (Å²) in [7, 11) is 1.37. The van der Waals surface area contributed by atoms with Crippen LogP contribution in [-0.2, 0) is 14.3 Å². The second-order valence-electron chi connectivity index (χ2n) is 13.9. The minimum absolute atomic E-state index is 0.0174. The molecule has 204 valence electrons. The monoisotopic (exact) mass is 499 g/mol. The fourth-order valence-electron chi connectivity index (χ4n) is 9.43. The molecule has 0 heterocycles. The molecule has 4 aliphatic rings. The number of hydrogen-bond donors (Lipinski definition) is 1. The van der Waals surface area contributed by atoms with Gasteiger partial charge in [0, 0.05) is 12.5 Å². The molecule has 4 rings (SSSR count). The Morgan fingerprint density at radius 3 is 2.53 bits per heavy atom. The number of fused-ring (bicyclic) bond motifs is 5. The van der Waals surface area contributed by atoms with Crippen molar-refractivity contribution in [1.82, 2.24) is 5.32 Å². The number of rotatable bonds is 9. The van der Waals surface area contributed by atoms with E-state index in [0.717, 1.165) is 48.3 Å². The molecule has 0 saturated heterocycles. The topological polar surface area (TPSA) is 55.4 Å². The number of hydrogen-bond acceptors (Lipinski definition) is 3. The quantitative estimate of drug-likeness (QED) is 0.264. The first-order valence-corrected chi connectivity index (χ1v) is 15.1. The lowest BCUT2D eigenvalue weighted by Crippen LogP contribution is -2.52. The first-order valence-electron chi connectivity index (χ1n) is 15.1. The molecule has 3 fully saturated rings. The van der Waals surface area contributed by atoms with E-state index in [-0.39, 0.29) is 30.8 Å². The molecule has 0 aromatic heterocycles. The van der Waals surface area contributed by atoms with Gasteiger partial charge < -0.3 is 10.1 Å². The van der Waals surface area contributed by atoms with Crippen molar-refractivity contribution >= 4 is 11.9 Å². The predicted octanol–water partition coefficient (Wildman–Crippen LogP) is 7.47. The second-order valence-corrected chi connectivity index (χ2v) is 13.9. The highest BCUT2D eigenvalue weighted by atomic mass is 16.5. The van der Waals surface area contributed by atoms with Crippen molar-refractivity contribution in [2.24, 2.45) is 46.3 Å². The van der Waals surface area contributed by atoms with E-state index in [1.807, 2.05) is 0 Å². The van der Waals surface area contributed by atoms with Crippen LogP contribution < -0.4 is 5.32 Å². The maximum atomic E-state index is 12.4. The van der Waals surface area contributed by atoms with Crippen LogP contribution in [0.4, 0.5) is 0 Å². The molecule has 0 bridgehead atoms. The highest BCUT2D eigenvalue weighted by Crippen LogP contribution is 2.67.